The van der Waals surface area contributed by atoms with Gasteiger partial charge >= 0.3 is 0 Å². The van der Waals surface area contributed by atoms with Crippen LogP contribution in [0.25, 0.3) is 0 Å². The third-order valence-corrected chi connectivity index (χ3v) is 3.60. The molecule has 0 aliphatic rings. The number of carbonyl (C=O) groups is 3. The Bertz CT molecular complexity index is 581. The van der Waals surface area contributed by atoms with Crippen molar-refractivity contribution in [1.29, 1.82) is 0 Å². The molecular formula is C19H29N3O3. The van der Waals surface area contributed by atoms with Crippen LogP contribution in [0.4, 0.5) is 11.4 Å². The second kappa shape index (κ2) is 11.2. The fraction of sp³-hybridized carbons (Fsp3) is 0.526. The van der Waals surface area contributed by atoms with Crippen molar-refractivity contribution in [3.8, 4) is 0 Å². The molecule has 3 amide bonds. The van der Waals surface area contributed by atoms with Crippen molar-refractivity contribution in [2.24, 2.45) is 0 Å². The Labute approximate surface area is 150 Å². The van der Waals surface area contributed by atoms with Gasteiger partial charge < -0.3 is 15.5 Å². The third-order valence-electron chi connectivity index (χ3n) is 3.60. The summed E-state index contributed by atoms with van der Waals surface area (Å²) >= 11 is 0. The lowest BCUT2D eigenvalue weighted by Gasteiger charge is -2.21. The van der Waals surface area contributed by atoms with Crippen LogP contribution in [-0.4, -0.2) is 35.7 Å². The third kappa shape index (κ3) is 8.33. The monoisotopic (exact) mass is 347 g/mol. The van der Waals surface area contributed by atoms with E-state index < -0.39 is 0 Å². The summed E-state index contributed by atoms with van der Waals surface area (Å²) in [5.41, 5.74) is 1.26. The summed E-state index contributed by atoms with van der Waals surface area (Å²) in [6.45, 7) is 7.09. The molecule has 0 aromatic heterocycles. The van der Waals surface area contributed by atoms with Crippen LogP contribution in [0, 0.1) is 0 Å². The quantitative estimate of drug-likeness (QED) is 0.681. The number of rotatable bonds is 10. The first kappa shape index (κ1) is 20.7. The summed E-state index contributed by atoms with van der Waals surface area (Å²) in [6, 6.07) is 6.98. The van der Waals surface area contributed by atoms with Crippen molar-refractivity contribution in [2.45, 2.75) is 52.9 Å². The molecule has 6 nitrogen and oxygen atoms in total. The van der Waals surface area contributed by atoms with E-state index in [0.717, 1.165) is 25.9 Å². The molecule has 0 spiro atoms. The van der Waals surface area contributed by atoms with Crippen LogP contribution in [0.1, 0.15) is 52.9 Å². The first-order valence-electron chi connectivity index (χ1n) is 8.91. The van der Waals surface area contributed by atoms with Crippen molar-refractivity contribution < 1.29 is 14.4 Å². The number of amides is 3. The van der Waals surface area contributed by atoms with Crippen LogP contribution in [0.2, 0.25) is 0 Å². The zero-order chi connectivity index (χ0) is 18.7. The Morgan fingerprint density at radius 1 is 0.960 bits per heavy atom. The topological polar surface area (TPSA) is 78.5 Å². The van der Waals surface area contributed by atoms with Gasteiger partial charge in [0.1, 0.15) is 0 Å². The molecule has 2 N–H and O–H groups in total. The standard InChI is InChI=1S/C19H29N3O3/c1-4-12-22(13-5-2)19(25)11-7-10-18(24)21-17-9-6-8-16(14-17)20-15(3)23/h6,8-9,14H,4-5,7,10-13H2,1-3H3,(H,20,23)(H,21,24). The van der Waals surface area contributed by atoms with Crippen molar-refractivity contribution in [1.82, 2.24) is 4.90 Å². The van der Waals surface area contributed by atoms with Gasteiger partial charge in [0.15, 0.2) is 0 Å². The number of nitrogens with zero attached hydrogens (tertiary/aromatic N) is 1. The highest BCUT2D eigenvalue weighted by Crippen LogP contribution is 2.15. The largest absolute Gasteiger partial charge is 0.343 e. The van der Waals surface area contributed by atoms with Gasteiger partial charge in [-0.15, -0.1) is 0 Å². The van der Waals surface area contributed by atoms with Crippen LogP contribution in [-0.2, 0) is 14.4 Å². The van der Waals surface area contributed by atoms with Gasteiger partial charge in [-0.25, -0.2) is 0 Å². The number of hydrogen-bond acceptors (Lipinski definition) is 3. The minimum absolute atomic E-state index is 0.115. The molecule has 1 aromatic rings. The molecular weight excluding hydrogens is 318 g/mol. The number of hydrogen-bond donors (Lipinski definition) is 2. The molecule has 0 saturated heterocycles. The maximum absolute atomic E-state index is 12.2. The SMILES string of the molecule is CCCN(CCC)C(=O)CCCC(=O)Nc1cccc(NC(C)=O)c1. The maximum atomic E-state index is 12.2. The molecule has 0 radical (unpaired) electrons. The molecule has 0 fully saturated rings. The van der Waals surface area contributed by atoms with Crippen molar-refractivity contribution in [3.05, 3.63) is 24.3 Å². The molecule has 138 valence electrons. The van der Waals surface area contributed by atoms with Crippen molar-refractivity contribution in [3.63, 3.8) is 0 Å². The van der Waals surface area contributed by atoms with Crippen LogP contribution in [0.3, 0.4) is 0 Å². The first-order valence-corrected chi connectivity index (χ1v) is 8.91. The van der Waals surface area contributed by atoms with Gasteiger partial charge in [-0.2, -0.15) is 0 Å². The van der Waals surface area contributed by atoms with E-state index in [2.05, 4.69) is 24.5 Å². The number of carbonyl (C=O) groups excluding carboxylic acids is 3. The Morgan fingerprint density at radius 2 is 1.56 bits per heavy atom. The number of anilines is 2. The van der Waals surface area contributed by atoms with Crippen molar-refractivity contribution in [2.75, 3.05) is 23.7 Å². The van der Waals surface area contributed by atoms with Gasteiger partial charge in [0.05, 0.1) is 0 Å². The minimum Gasteiger partial charge on any atom is -0.343 e. The smallest absolute Gasteiger partial charge is 0.224 e. The molecule has 0 aliphatic carbocycles. The van der Waals surface area contributed by atoms with E-state index in [0.29, 0.717) is 30.6 Å². The van der Waals surface area contributed by atoms with E-state index in [4.69, 9.17) is 0 Å². The zero-order valence-electron chi connectivity index (χ0n) is 15.4. The summed E-state index contributed by atoms with van der Waals surface area (Å²) in [5.74, 6) is -0.180. The van der Waals surface area contributed by atoms with E-state index in [1.807, 2.05) is 4.90 Å². The second-order valence-electron chi connectivity index (χ2n) is 6.04. The molecule has 0 aliphatic heterocycles. The van der Waals surface area contributed by atoms with Crippen LogP contribution < -0.4 is 10.6 Å². The predicted octanol–water partition coefficient (Wildman–Crippen LogP) is 3.40. The normalized spacial score (nSPS) is 10.2. The van der Waals surface area contributed by atoms with Gasteiger partial charge in [0.25, 0.3) is 0 Å². The summed E-state index contributed by atoms with van der Waals surface area (Å²) in [7, 11) is 0. The summed E-state index contributed by atoms with van der Waals surface area (Å²) in [5, 5.41) is 5.47. The van der Waals surface area contributed by atoms with E-state index >= 15 is 0 Å². The second-order valence-corrected chi connectivity index (χ2v) is 6.04. The fourth-order valence-electron chi connectivity index (χ4n) is 2.56. The molecule has 1 aromatic carbocycles. The highest BCUT2D eigenvalue weighted by atomic mass is 16.2. The van der Waals surface area contributed by atoms with E-state index in [1.165, 1.54) is 6.92 Å². The van der Waals surface area contributed by atoms with Gasteiger partial charge in [-0.1, -0.05) is 19.9 Å². The van der Waals surface area contributed by atoms with E-state index in [1.54, 1.807) is 24.3 Å². The molecule has 0 unspecified atom stereocenters. The molecule has 1 rings (SSSR count). The van der Waals surface area contributed by atoms with Gasteiger partial charge in [0.2, 0.25) is 17.7 Å². The Balaban J connectivity index is 2.42. The molecule has 25 heavy (non-hydrogen) atoms. The molecule has 0 heterocycles. The lowest BCUT2D eigenvalue weighted by Crippen LogP contribution is -2.32. The Kier molecular flexibility index (Phi) is 9.29. The van der Waals surface area contributed by atoms with E-state index in [9.17, 15) is 14.4 Å². The van der Waals surface area contributed by atoms with Crippen LogP contribution >= 0.6 is 0 Å². The molecule has 0 bridgehead atoms. The average molecular weight is 347 g/mol. The fourth-order valence-corrected chi connectivity index (χ4v) is 2.56. The molecule has 6 heteroatoms. The van der Waals surface area contributed by atoms with Gasteiger partial charge in [0, 0.05) is 44.2 Å². The highest BCUT2D eigenvalue weighted by Gasteiger charge is 2.12. The number of benzene rings is 1. The average Bonchev–Trinajstić information content (AvgIpc) is 2.54. The molecule has 0 atom stereocenters. The summed E-state index contributed by atoms with van der Waals surface area (Å²) in [6.07, 6.45) is 3.09. The van der Waals surface area contributed by atoms with Crippen LogP contribution in [0.5, 0.6) is 0 Å². The zero-order valence-corrected chi connectivity index (χ0v) is 15.4. The summed E-state index contributed by atoms with van der Waals surface area (Å²) in [4.78, 5) is 37.1. The first-order chi connectivity index (χ1) is 12.0. The lowest BCUT2D eigenvalue weighted by atomic mass is 10.2. The number of nitrogens with one attached hydrogen (secondary N) is 2. The van der Waals surface area contributed by atoms with Crippen molar-refractivity contribution >= 4 is 29.1 Å². The predicted molar refractivity (Wildman–Crippen MR) is 100 cm³/mol. The van der Waals surface area contributed by atoms with Crippen LogP contribution in [0.15, 0.2) is 24.3 Å². The Hall–Kier alpha value is -2.37. The minimum atomic E-state index is -0.161. The maximum Gasteiger partial charge on any atom is 0.224 e. The summed E-state index contributed by atoms with van der Waals surface area (Å²) < 4.78 is 0. The van der Waals surface area contributed by atoms with Gasteiger partial charge in [-0.05, 0) is 37.5 Å². The lowest BCUT2D eigenvalue weighted by molar-refractivity contribution is -0.131. The molecule has 0 saturated carbocycles. The Morgan fingerprint density at radius 3 is 2.12 bits per heavy atom. The highest BCUT2D eigenvalue weighted by molar-refractivity contribution is 5.93. The van der Waals surface area contributed by atoms with E-state index in [-0.39, 0.29) is 17.7 Å². The van der Waals surface area contributed by atoms with Gasteiger partial charge in [-0.3, -0.25) is 14.4 Å².